The molecular weight excluding hydrogens is 340 g/mol. The monoisotopic (exact) mass is 354 g/mol. The van der Waals surface area contributed by atoms with Gasteiger partial charge in [-0.05, 0) is 36.2 Å². The third-order valence-corrected chi connectivity index (χ3v) is 4.75. The second kappa shape index (κ2) is 5.97. The van der Waals surface area contributed by atoms with E-state index in [4.69, 9.17) is 11.6 Å². The Labute approximate surface area is 149 Å². The summed E-state index contributed by atoms with van der Waals surface area (Å²) in [4.78, 5) is 26.7. The molecule has 0 bridgehead atoms. The lowest BCUT2D eigenvalue weighted by molar-refractivity contribution is -0.123. The highest BCUT2D eigenvalue weighted by Crippen LogP contribution is 2.33. The SMILES string of the molecule is Cc1ccccc1CN1N=N[C@H]2C(=O)N(c3cccc(Cl)c3)C(=O)[C@@H]21. The normalized spacial score (nSPS) is 22.0. The molecule has 0 saturated carbocycles. The summed E-state index contributed by atoms with van der Waals surface area (Å²) in [5, 5.41) is 10.2. The van der Waals surface area contributed by atoms with Gasteiger partial charge in [-0.3, -0.25) is 14.6 Å². The number of imide groups is 1. The summed E-state index contributed by atoms with van der Waals surface area (Å²) in [7, 11) is 0. The summed E-state index contributed by atoms with van der Waals surface area (Å²) in [6, 6.07) is 13.1. The molecule has 0 unspecified atom stereocenters. The largest absolute Gasteiger partial charge is 0.271 e. The van der Waals surface area contributed by atoms with E-state index in [1.54, 1.807) is 29.3 Å². The van der Waals surface area contributed by atoms with E-state index in [1.165, 1.54) is 0 Å². The fourth-order valence-electron chi connectivity index (χ4n) is 3.19. The highest BCUT2D eigenvalue weighted by atomic mass is 35.5. The molecule has 2 heterocycles. The molecule has 126 valence electrons. The van der Waals surface area contributed by atoms with Gasteiger partial charge in [0.15, 0.2) is 12.1 Å². The van der Waals surface area contributed by atoms with Crippen molar-refractivity contribution in [3.8, 4) is 0 Å². The number of aryl methyl sites for hydroxylation is 1. The van der Waals surface area contributed by atoms with Crippen LogP contribution < -0.4 is 4.90 Å². The molecule has 2 aliphatic heterocycles. The summed E-state index contributed by atoms with van der Waals surface area (Å²) in [6.45, 7) is 2.43. The van der Waals surface area contributed by atoms with Crippen molar-refractivity contribution in [2.75, 3.05) is 4.90 Å². The zero-order valence-corrected chi connectivity index (χ0v) is 14.2. The minimum atomic E-state index is -0.796. The van der Waals surface area contributed by atoms with Crippen molar-refractivity contribution >= 4 is 29.1 Å². The number of hydrogen-bond donors (Lipinski definition) is 0. The van der Waals surface area contributed by atoms with Crippen LogP contribution in [0.4, 0.5) is 5.69 Å². The lowest BCUT2D eigenvalue weighted by Crippen LogP contribution is -2.39. The van der Waals surface area contributed by atoms with Gasteiger partial charge in [0.25, 0.3) is 11.8 Å². The van der Waals surface area contributed by atoms with Crippen LogP contribution in [0.25, 0.3) is 0 Å². The average molecular weight is 355 g/mol. The number of fused-ring (bicyclic) bond motifs is 1. The maximum atomic E-state index is 12.9. The lowest BCUT2D eigenvalue weighted by atomic mass is 10.1. The number of halogens is 1. The van der Waals surface area contributed by atoms with Gasteiger partial charge < -0.3 is 0 Å². The van der Waals surface area contributed by atoms with Gasteiger partial charge in [-0.25, -0.2) is 4.90 Å². The molecule has 0 radical (unpaired) electrons. The number of carbonyl (C=O) groups excluding carboxylic acids is 2. The van der Waals surface area contributed by atoms with Crippen LogP contribution in [0.3, 0.4) is 0 Å². The van der Waals surface area contributed by atoms with Crippen LogP contribution in [0, 0.1) is 6.92 Å². The van der Waals surface area contributed by atoms with Crippen LogP contribution in [0.15, 0.2) is 58.9 Å². The van der Waals surface area contributed by atoms with E-state index in [0.717, 1.165) is 16.0 Å². The first kappa shape index (κ1) is 15.8. The van der Waals surface area contributed by atoms with Crippen LogP contribution in [0.2, 0.25) is 5.02 Å². The number of anilines is 1. The van der Waals surface area contributed by atoms with Crippen molar-refractivity contribution in [2.45, 2.75) is 25.6 Å². The van der Waals surface area contributed by atoms with Crippen LogP contribution in [0.5, 0.6) is 0 Å². The number of carbonyl (C=O) groups is 2. The molecule has 6 nitrogen and oxygen atoms in total. The Kier molecular flexibility index (Phi) is 3.77. The first-order valence-corrected chi connectivity index (χ1v) is 8.29. The Bertz CT molecular complexity index is 898. The summed E-state index contributed by atoms with van der Waals surface area (Å²) < 4.78 is 0. The van der Waals surface area contributed by atoms with Gasteiger partial charge >= 0.3 is 0 Å². The third-order valence-electron chi connectivity index (χ3n) is 4.52. The minimum Gasteiger partial charge on any atom is -0.271 e. The van der Waals surface area contributed by atoms with E-state index in [0.29, 0.717) is 17.3 Å². The van der Waals surface area contributed by atoms with Gasteiger partial charge in [0.05, 0.1) is 12.2 Å². The van der Waals surface area contributed by atoms with E-state index in [9.17, 15) is 9.59 Å². The zero-order chi connectivity index (χ0) is 17.6. The molecule has 0 N–H and O–H groups in total. The first-order chi connectivity index (χ1) is 12.1. The van der Waals surface area contributed by atoms with Gasteiger partial charge in [0.2, 0.25) is 0 Å². The van der Waals surface area contributed by atoms with Crippen molar-refractivity contribution < 1.29 is 9.59 Å². The summed E-state index contributed by atoms with van der Waals surface area (Å²) in [6.07, 6.45) is 0. The standard InChI is InChI=1S/C18H15ClN4O2/c1-11-5-2-3-6-12(11)10-22-16-15(20-21-22)17(24)23(18(16)25)14-8-4-7-13(19)9-14/h2-9,15-16H,10H2,1H3/t15-,16-/m1/s1. The summed E-state index contributed by atoms with van der Waals surface area (Å²) in [5.74, 6) is -0.691. The minimum absolute atomic E-state index is 0.323. The molecule has 7 heteroatoms. The number of benzene rings is 2. The maximum absolute atomic E-state index is 12.9. The van der Waals surface area contributed by atoms with Gasteiger partial charge in [-0.2, -0.15) is 5.11 Å². The molecule has 0 spiro atoms. The van der Waals surface area contributed by atoms with Gasteiger partial charge in [-0.15, -0.1) is 0 Å². The van der Waals surface area contributed by atoms with Crippen molar-refractivity contribution in [2.24, 2.45) is 10.3 Å². The Balaban J connectivity index is 1.63. The highest BCUT2D eigenvalue weighted by molar-refractivity contribution is 6.31. The van der Waals surface area contributed by atoms with Crippen LogP contribution in [0.1, 0.15) is 11.1 Å². The molecule has 2 aliphatic rings. The molecule has 2 aromatic carbocycles. The maximum Gasteiger partial charge on any atom is 0.263 e. The van der Waals surface area contributed by atoms with Crippen molar-refractivity contribution in [3.63, 3.8) is 0 Å². The Morgan fingerprint density at radius 1 is 1.08 bits per heavy atom. The molecule has 0 aliphatic carbocycles. The number of nitrogens with zero attached hydrogens (tertiary/aromatic N) is 4. The quantitative estimate of drug-likeness (QED) is 0.795. The van der Waals surface area contributed by atoms with Gasteiger partial charge in [0.1, 0.15) is 0 Å². The molecule has 25 heavy (non-hydrogen) atoms. The fraction of sp³-hybridized carbons (Fsp3) is 0.222. The van der Waals surface area contributed by atoms with Crippen molar-refractivity contribution in [1.82, 2.24) is 5.01 Å². The predicted molar refractivity (Wildman–Crippen MR) is 93.1 cm³/mol. The predicted octanol–water partition coefficient (Wildman–Crippen LogP) is 3.14. The van der Waals surface area contributed by atoms with E-state index >= 15 is 0 Å². The van der Waals surface area contributed by atoms with E-state index in [2.05, 4.69) is 10.3 Å². The second-order valence-electron chi connectivity index (χ2n) is 6.11. The van der Waals surface area contributed by atoms with E-state index < -0.39 is 12.1 Å². The zero-order valence-electron chi connectivity index (χ0n) is 13.5. The van der Waals surface area contributed by atoms with E-state index in [1.807, 2.05) is 31.2 Å². The summed E-state index contributed by atoms with van der Waals surface area (Å²) >= 11 is 5.99. The van der Waals surface area contributed by atoms with Crippen LogP contribution >= 0.6 is 11.6 Å². The Morgan fingerprint density at radius 2 is 1.88 bits per heavy atom. The Morgan fingerprint density at radius 3 is 2.64 bits per heavy atom. The number of rotatable bonds is 3. The molecule has 1 saturated heterocycles. The Hall–Kier alpha value is -2.73. The molecule has 2 atom stereocenters. The summed E-state index contributed by atoms with van der Waals surface area (Å²) in [5.41, 5.74) is 2.61. The van der Waals surface area contributed by atoms with Crippen molar-refractivity contribution in [3.05, 3.63) is 64.7 Å². The molecule has 1 fully saturated rings. The molecular formula is C18H15ClN4O2. The number of amides is 2. The smallest absolute Gasteiger partial charge is 0.263 e. The average Bonchev–Trinajstić information content (AvgIpc) is 3.10. The highest BCUT2D eigenvalue weighted by Gasteiger charge is 2.54. The lowest BCUT2D eigenvalue weighted by Gasteiger charge is -2.21. The first-order valence-electron chi connectivity index (χ1n) is 7.91. The van der Waals surface area contributed by atoms with E-state index in [-0.39, 0.29) is 11.8 Å². The molecule has 2 amide bonds. The van der Waals surface area contributed by atoms with Crippen molar-refractivity contribution in [1.29, 1.82) is 0 Å². The molecule has 4 rings (SSSR count). The topological polar surface area (TPSA) is 65.3 Å². The molecule has 2 aromatic rings. The fourth-order valence-corrected chi connectivity index (χ4v) is 3.37. The van der Waals surface area contributed by atoms with Crippen LogP contribution in [-0.2, 0) is 16.1 Å². The van der Waals surface area contributed by atoms with Gasteiger partial charge in [0, 0.05) is 5.02 Å². The second-order valence-corrected chi connectivity index (χ2v) is 6.55. The third kappa shape index (κ3) is 2.59. The van der Waals surface area contributed by atoms with Crippen LogP contribution in [-0.4, -0.2) is 28.9 Å². The molecule has 0 aromatic heterocycles. The number of hydrogen-bond acceptors (Lipinski definition) is 5. The van der Waals surface area contributed by atoms with Gasteiger partial charge in [-0.1, -0.05) is 47.2 Å².